The maximum absolute atomic E-state index is 12.2. The zero-order valence-corrected chi connectivity index (χ0v) is 13.9. The average Bonchev–Trinajstić information content (AvgIpc) is 2.48. The second-order valence-corrected chi connectivity index (χ2v) is 7.33. The normalized spacial score (nSPS) is 11.6. The number of aliphatic hydroxyl groups is 1. The van der Waals surface area contributed by atoms with Crippen LogP contribution in [0.5, 0.6) is 0 Å². The molecule has 0 atom stereocenters. The fraction of sp³-hybridized carbons (Fsp3) is 0.200. The number of halogens is 1. The van der Waals surface area contributed by atoms with Crippen LogP contribution in [0, 0.1) is 6.92 Å². The molecule has 0 aliphatic carbocycles. The highest BCUT2D eigenvalue weighted by atomic mass is 79.9. The number of hydrogen-bond donors (Lipinski definition) is 2. The van der Waals surface area contributed by atoms with E-state index in [1.165, 1.54) is 0 Å². The summed E-state index contributed by atoms with van der Waals surface area (Å²) in [6.45, 7) is 2.03. The SMILES string of the molecule is Cc1cc(S(=O)(=O)NCc2ccc(CO)cc2)ccc1Br. The summed E-state index contributed by atoms with van der Waals surface area (Å²) in [5, 5.41) is 8.97. The molecule has 0 amide bonds. The summed E-state index contributed by atoms with van der Waals surface area (Å²) in [6.07, 6.45) is 0. The van der Waals surface area contributed by atoms with Crippen molar-refractivity contribution in [2.45, 2.75) is 25.0 Å². The third-order valence-electron chi connectivity index (χ3n) is 3.11. The van der Waals surface area contributed by atoms with Crippen molar-refractivity contribution >= 4 is 26.0 Å². The molecule has 2 aromatic rings. The molecule has 0 saturated carbocycles. The second kappa shape index (κ2) is 6.70. The molecular weight excluding hydrogens is 354 g/mol. The largest absolute Gasteiger partial charge is 0.392 e. The number of aryl methyl sites for hydroxylation is 1. The lowest BCUT2D eigenvalue weighted by atomic mass is 10.1. The molecule has 2 N–H and O–H groups in total. The monoisotopic (exact) mass is 369 g/mol. The summed E-state index contributed by atoms with van der Waals surface area (Å²) in [5.74, 6) is 0. The molecule has 2 rings (SSSR count). The molecule has 0 saturated heterocycles. The fourth-order valence-corrected chi connectivity index (χ4v) is 3.16. The van der Waals surface area contributed by atoms with Gasteiger partial charge in [-0.1, -0.05) is 40.2 Å². The van der Waals surface area contributed by atoms with Crippen molar-refractivity contribution in [1.82, 2.24) is 4.72 Å². The quantitative estimate of drug-likeness (QED) is 0.851. The molecule has 0 radical (unpaired) electrons. The number of aliphatic hydroxyl groups excluding tert-OH is 1. The topological polar surface area (TPSA) is 66.4 Å². The molecule has 6 heteroatoms. The van der Waals surface area contributed by atoms with Crippen LogP contribution in [0.1, 0.15) is 16.7 Å². The standard InChI is InChI=1S/C15H16BrNO3S/c1-11-8-14(6-7-15(11)16)21(19,20)17-9-12-2-4-13(10-18)5-3-12/h2-8,17-18H,9-10H2,1H3. The first-order valence-electron chi connectivity index (χ1n) is 6.37. The maximum Gasteiger partial charge on any atom is 0.240 e. The number of rotatable bonds is 5. The van der Waals surface area contributed by atoms with Crippen molar-refractivity contribution in [1.29, 1.82) is 0 Å². The van der Waals surface area contributed by atoms with Crippen molar-refractivity contribution < 1.29 is 13.5 Å². The van der Waals surface area contributed by atoms with Gasteiger partial charge in [-0.25, -0.2) is 13.1 Å². The fourth-order valence-electron chi connectivity index (χ4n) is 1.81. The van der Waals surface area contributed by atoms with Crippen LogP contribution in [-0.2, 0) is 23.2 Å². The predicted octanol–water partition coefficient (Wildman–Crippen LogP) is 2.73. The van der Waals surface area contributed by atoms with Gasteiger partial charge in [0.25, 0.3) is 0 Å². The molecule has 0 aliphatic heterocycles. The minimum absolute atomic E-state index is 0.0236. The van der Waals surface area contributed by atoms with Crippen LogP contribution in [0.15, 0.2) is 51.8 Å². The first-order valence-corrected chi connectivity index (χ1v) is 8.64. The molecule has 2 aromatic carbocycles. The van der Waals surface area contributed by atoms with Gasteiger partial charge in [0.05, 0.1) is 11.5 Å². The van der Waals surface area contributed by atoms with Crippen molar-refractivity contribution in [2.24, 2.45) is 0 Å². The van der Waals surface area contributed by atoms with Gasteiger partial charge < -0.3 is 5.11 Å². The minimum Gasteiger partial charge on any atom is -0.392 e. The van der Waals surface area contributed by atoms with E-state index in [1.807, 2.05) is 6.92 Å². The number of nitrogens with one attached hydrogen (secondary N) is 1. The van der Waals surface area contributed by atoms with Gasteiger partial charge in [0.1, 0.15) is 0 Å². The molecule has 0 aromatic heterocycles. The van der Waals surface area contributed by atoms with Crippen molar-refractivity contribution in [3.63, 3.8) is 0 Å². The van der Waals surface area contributed by atoms with Gasteiger partial charge in [-0.2, -0.15) is 0 Å². The minimum atomic E-state index is -3.53. The van der Waals surface area contributed by atoms with Gasteiger partial charge in [-0.3, -0.25) is 0 Å². The molecule has 0 unspecified atom stereocenters. The summed E-state index contributed by atoms with van der Waals surface area (Å²) < 4.78 is 27.9. The highest BCUT2D eigenvalue weighted by molar-refractivity contribution is 9.10. The summed E-state index contributed by atoms with van der Waals surface area (Å²) >= 11 is 3.35. The molecule has 0 bridgehead atoms. The third kappa shape index (κ3) is 4.14. The molecule has 112 valence electrons. The Balaban J connectivity index is 2.11. The van der Waals surface area contributed by atoms with Gasteiger partial charge in [0, 0.05) is 11.0 Å². The van der Waals surface area contributed by atoms with E-state index >= 15 is 0 Å². The summed E-state index contributed by atoms with van der Waals surface area (Å²) in [5.41, 5.74) is 2.50. The van der Waals surface area contributed by atoms with Crippen LogP contribution in [0.2, 0.25) is 0 Å². The van der Waals surface area contributed by atoms with Crippen LogP contribution in [0.25, 0.3) is 0 Å². The van der Waals surface area contributed by atoms with Crippen LogP contribution >= 0.6 is 15.9 Å². The Morgan fingerprint density at radius 3 is 2.29 bits per heavy atom. The molecular formula is C15H16BrNO3S. The molecule has 0 spiro atoms. The molecule has 4 nitrogen and oxygen atoms in total. The van der Waals surface area contributed by atoms with E-state index in [0.717, 1.165) is 21.2 Å². The van der Waals surface area contributed by atoms with E-state index in [9.17, 15) is 8.42 Å². The van der Waals surface area contributed by atoms with E-state index in [2.05, 4.69) is 20.7 Å². The smallest absolute Gasteiger partial charge is 0.240 e. The summed E-state index contributed by atoms with van der Waals surface area (Å²) in [6, 6.07) is 12.0. The lowest BCUT2D eigenvalue weighted by molar-refractivity contribution is 0.282. The molecule has 21 heavy (non-hydrogen) atoms. The highest BCUT2D eigenvalue weighted by Gasteiger charge is 2.14. The van der Waals surface area contributed by atoms with E-state index in [0.29, 0.717) is 0 Å². The Morgan fingerprint density at radius 2 is 1.71 bits per heavy atom. The Hall–Kier alpha value is -1.21. The maximum atomic E-state index is 12.2. The molecule has 0 aliphatic rings. The Morgan fingerprint density at radius 1 is 1.10 bits per heavy atom. The zero-order valence-electron chi connectivity index (χ0n) is 11.5. The Bertz CT molecular complexity index is 727. The molecule has 0 fully saturated rings. The van der Waals surface area contributed by atoms with E-state index in [1.54, 1.807) is 42.5 Å². The lowest BCUT2D eigenvalue weighted by Crippen LogP contribution is -2.23. The van der Waals surface area contributed by atoms with E-state index in [-0.39, 0.29) is 18.0 Å². The molecule has 0 heterocycles. The first kappa shape index (κ1) is 16.2. The van der Waals surface area contributed by atoms with Gasteiger partial charge in [-0.05, 0) is 41.8 Å². The lowest BCUT2D eigenvalue weighted by Gasteiger charge is -2.09. The second-order valence-electron chi connectivity index (χ2n) is 4.71. The number of hydrogen-bond acceptors (Lipinski definition) is 3. The van der Waals surface area contributed by atoms with Crippen LogP contribution in [-0.4, -0.2) is 13.5 Å². The van der Waals surface area contributed by atoms with Crippen molar-refractivity contribution in [3.05, 3.63) is 63.6 Å². The van der Waals surface area contributed by atoms with E-state index in [4.69, 9.17) is 5.11 Å². The van der Waals surface area contributed by atoms with E-state index < -0.39 is 10.0 Å². The van der Waals surface area contributed by atoms with Crippen molar-refractivity contribution in [3.8, 4) is 0 Å². The van der Waals surface area contributed by atoms with Gasteiger partial charge >= 0.3 is 0 Å². The number of sulfonamides is 1. The predicted molar refractivity (Wildman–Crippen MR) is 85.3 cm³/mol. The highest BCUT2D eigenvalue weighted by Crippen LogP contribution is 2.20. The van der Waals surface area contributed by atoms with Gasteiger partial charge in [0.15, 0.2) is 0 Å². The van der Waals surface area contributed by atoms with Crippen LogP contribution < -0.4 is 4.72 Å². The van der Waals surface area contributed by atoms with Gasteiger partial charge in [0.2, 0.25) is 10.0 Å². The average molecular weight is 370 g/mol. The van der Waals surface area contributed by atoms with Crippen LogP contribution in [0.4, 0.5) is 0 Å². The third-order valence-corrected chi connectivity index (χ3v) is 5.40. The summed E-state index contributed by atoms with van der Waals surface area (Å²) in [4.78, 5) is 0.246. The van der Waals surface area contributed by atoms with Crippen molar-refractivity contribution in [2.75, 3.05) is 0 Å². The Kier molecular flexibility index (Phi) is 5.16. The number of benzene rings is 2. The zero-order chi connectivity index (χ0) is 15.5. The van der Waals surface area contributed by atoms with Crippen LogP contribution in [0.3, 0.4) is 0 Å². The Labute approximate surface area is 133 Å². The van der Waals surface area contributed by atoms with Gasteiger partial charge in [-0.15, -0.1) is 0 Å². The summed E-state index contributed by atoms with van der Waals surface area (Å²) in [7, 11) is -3.53. The first-order chi connectivity index (χ1) is 9.92.